The summed E-state index contributed by atoms with van der Waals surface area (Å²) in [5.74, 6) is 0.119. The molecule has 80 valence electrons. The minimum Gasteiger partial charge on any atom is -0.349 e. The third-order valence-electron chi connectivity index (χ3n) is 2.13. The average Bonchev–Trinajstić information content (AvgIpc) is 2.02. The van der Waals surface area contributed by atoms with E-state index in [-0.39, 0.29) is 23.5 Å². The van der Waals surface area contributed by atoms with Crippen molar-refractivity contribution < 1.29 is 13.2 Å². The molecule has 1 unspecified atom stereocenters. The Kier molecular flexibility index (Phi) is 3.69. The summed E-state index contributed by atoms with van der Waals surface area (Å²) in [6.45, 7) is 1.75. The van der Waals surface area contributed by atoms with Gasteiger partial charge in [-0.3, -0.25) is 4.79 Å². The van der Waals surface area contributed by atoms with Gasteiger partial charge in [0, 0.05) is 6.04 Å². The minimum atomic E-state index is -2.93. The Morgan fingerprint density at radius 2 is 2.21 bits per heavy atom. The molecule has 0 aromatic heterocycles. The molecule has 0 radical (unpaired) electrons. The molecule has 0 aliphatic carbocycles. The van der Waals surface area contributed by atoms with Crippen molar-refractivity contribution in [2.45, 2.75) is 25.8 Å². The number of rotatable bonds is 2. The van der Waals surface area contributed by atoms with Crippen molar-refractivity contribution in [3.05, 3.63) is 12.2 Å². The number of hydrogen-bond donors (Lipinski definition) is 1. The standard InChI is InChI=1S/C9H15NO3S/c1-2-4-9(11)10-8-5-3-6-14(12,13)7-8/h2,4,8H,3,5-7H2,1H3,(H,10,11). The molecule has 0 aromatic carbocycles. The Morgan fingerprint density at radius 1 is 1.50 bits per heavy atom. The lowest BCUT2D eigenvalue weighted by Gasteiger charge is -2.22. The predicted molar refractivity (Wildman–Crippen MR) is 54.6 cm³/mol. The Labute approximate surface area is 84.3 Å². The number of amides is 1. The fourth-order valence-electron chi connectivity index (χ4n) is 1.54. The largest absolute Gasteiger partial charge is 0.349 e. The van der Waals surface area contributed by atoms with Crippen molar-refractivity contribution in [3.8, 4) is 0 Å². The number of allylic oxidation sites excluding steroid dienone is 1. The average molecular weight is 217 g/mol. The molecule has 1 atom stereocenters. The van der Waals surface area contributed by atoms with E-state index in [1.54, 1.807) is 13.0 Å². The molecule has 5 heteroatoms. The topological polar surface area (TPSA) is 63.2 Å². The molecule has 0 bridgehead atoms. The van der Waals surface area contributed by atoms with Crippen LogP contribution < -0.4 is 5.32 Å². The molecule has 1 rings (SSSR count). The van der Waals surface area contributed by atoms with Gasteiger partial charge in [0.25, 0.3) is 0 Å². The molecular formula is C9H15NO3S. The van der Waals surface area contributed by atoms with Gasteiger partial charge in [0.15, 0.2) is 9.84 Å². The Balaban J connectivity index is 2.50. The first-order valence-corrected chi connectivity index (χ1v) is 6.49. The number of nitrogens with one attached hydrogen (secondary N) is 1. The van der Waals surface area contributed by atoms with E-state index in [9.17, 15) is 13.2 Å². The highest BCUT2D eigenvalue weighted by Crippen LogP contribution is 2.11. The molecule has 1 heterocycles. The summed E-state index contributed by atoms with van der Waals surface area (Å²) in [5, 5.41) is 2.67. The van der Waals surface area contributed by atoms with Crippen LogP contribution in [0.2, 0.25) is 0 Å². The molecule has 0 spiro atoms. The third-order valence-corrected chi connectivity index (χ3v) is 3.95. The minimum absolute atomic E-state index is 0.0797. The predicted octanol–water partition coefficient (Wildman–Crippen LogP) is 0.256. The molecule has 1 aliphatic heterocycles. The molecule has 0 saturated carbocycles. The SMILES string of the molecule is CC=CC(=O)NC1CCCS(=O)(=O)C1. The van der Waals surface area contributed by atoms with Crippen molar-refractivity contribution in [2.24, 2.45) is 0 Å². The zero-order chi connectivity index (χ0) is 10.6. The molecule has 1 fully saturated rings. The quantitative estimate of drug-likeness (QED) is 0.675. The van der Waals surface area contributed by atoms with Gasteiger partial charge in [-0.15, -0.1) is 0 Å². The lowest BCUT2D eigenvalue weighted by Crippen LogP contribution is -2.42. The number of hydrogen-bond acceptors (Lipinski definition) is 3. The van der Waals surface area contributed by atoms with Gasteiger partial charge in [-0.2, -0.15) is 0 Å². The van der Waals surface area contributed by atoms with Gasteiger partial charge in [-0.1, -0.05) is 6.08 Å². The summed E-state index contributed by atoms with van der Waals surface area (Å²) in [4.78, 5) is 11.1. The van der Waals surface area contributed by atoms with E-state index in [0.29, 0.717) is 6.42 Å². The van der Waals surface area contributed by atoms with Gasteiger partial charge < -0.3 is 5.32 Å². The van der Waals surface area contributed by atoms with Crippen LogP contribution in [0.1, 0.15) is 19.8 Å². The fourth-order valence-corrected chi connectivity index (χ4v) is 3.17. The van der Waals surface area contributed by atoms with Crippen molar-refractivity contribution >= 4 is 15.7 Å². The van der Waals surface area contributed by atoms with Gasteiger partial charge in [-0.05, 0) is 25.8 Å². The molecule has 1 amide bonds. The maximum Gasteiger partial charge on any atom is 0.243 e. The van der Waals surface area contributed by atoms with Gasteiger partial charge >= 0.3 is 0 Å². The van der Waals surface area contributed by atoms with Crippen LogP contribution in [-0.4, -0.2) is 31.9 Å². The summed E-state index contributed by atoms with van der Waals surface area (Å²) in [5.41, 5.74) is 0. The second-order valence-corrected chi connectivity index (χ2v) is 5.69. The van der Waals surface area contributed by atoms with E-state index in [0.717, 1.165) is 6.42 Å². The van der Waals surface area contributed by atoms with Crippen LogP contribution in [0, 0.1) is 0 Å². The molecule has 1 N–H and O–H groups in total. The van der Waals surface area contributed by atoms with Crippen LogP contribution in [0.25, 0.3) is 0 Å². The maximum absolute atomic E-state index is 11.2. The summed E-state index contributed by atoms with van der Waals surface area (Å²) in [7, 11) is -2.93. The van der Waals surface area contributed by atoms with E-state index >= 15 is 0 Å². The molecule has 1 saturated heterocycles. The second kappa shape index (κ2) is 4.59. The van der Waals surface area contributed by atoms with Gasteiger partial charge in [0.2, 0.25) is 5.91 Å². The molecule has 14 heavy (non-hydrogen) atoms. The van der Waals surface area contributed by atoms with Crippen LogP contribution in [0.15, 0.2) is 12.2 Å². The number of carbonyl (C=O) groups is 1. The highest BCUT2D eigenvalue weighted by atomic mass is 32.2. The van der Waals surface area contributed by atoms with Crippen LogP contribution >= 0.6 is 0 Å². The van der Waals surface area contributed by atoms with E-state index < -0.39 is 9.84 Å². The van der Waals surface area contributed by atoms with Gasteiger partial charge in [0.1, 0.15) is 0 Å². The smallest absolute Gasteiger partial charge is 0.243 e. The zero-order valence-electron chi connectivity index (χ0n) is 8.19. The van der Waals surface area contributed by atoms with Gasteiger partial charge in [0.05, 0.1) is 11.5 Å². The third kappa shape index (κ3) is 3.49. The molecular weight excluding hydrogens is 202 g/mol. The molecule has 4 nitrogen and oxygen atoms in total. The first kappa shape index (κ1) is 11.2. The Bertz CT molecular complexity index is 332. The highest BCUT2D eigenvalue weighted by molar-refractivity contribution is 7.91. The molecule has 1 aliphatic rings. The van der Waals surface area contributed by atoms with Crippen molar-refractivity contribution in [2.75, 3.05) is 11.5 Å². The maximum atomic E-state index is 11.2. The van der Waals surface area contributed by atoms with E-state index in [1.807, 2.05) is 0 Å². The van der Waals surface area contributed by atoms with Crippen molar-refractivity contribution in [1.82, 2.24) is 5.32 Å². The normalized spacial score (nSPS) is 26.2. The zero-order valence-corrected chi connectivity index (χ0v) is 9.01. The number of carbonyl (C=O) groups excluding carboxylic acids is 1. The lowest BCUT2D eigenvalue weighted by atomic mass is 10.2. The van der Waals surface area contributed by atoms with Gasteiger partial charge in [-0.25, -0.2) is 8.42 Å². The van der Waals surface area contributed by atoms with Crippen LogP contribution in [0.5, 0.6) is 0 Å². The highest BCUT2D eigenvalue weighted by Gasteiger charge is 2.25. The fraction of sp³-hybridized carbons (Fsp3) is 0.667. The van der Waals surface area contributed by atoms with Crippen LogP contribution in [-0.2, 0) is 14.6 Å². The summed E-state index contributed by atoms with van der Waals surface area (Å²) < 4.78 is 22.5. The number of sulfone groups is 1. The molecule has 0 aromatic rings. The first-order valence-electron chi connectivity index (χ1n) is 4.67. The Hall–Kier alpha value is -0.840. The monoisotopic (exact) mass is 217 g/mol. The Morgan fingerprint density at radius 3 is 2.79 bits per heavy atom. The summed E-state index contributed by atoms with van der Waals surface area (Å²) >= 11 is 0. The van der Waals surface area contributed by atoms with Crippen molar-refractivity contribution in [3.63, 3.8) is 0 Å². The van der Waals surface area contributed by atoms with Crippen LogP contribution in [0.4, 0.5) is 0 Å². The van der Waals surface area contributed by atoms with Crippen molar-refractivity contribution in [1.29, 1.82) is 0 Å². The van der Waals surface area contributed by atoms with E-state index in [2.05, 4.69) is 5.32 Å². The second-order valence-electron chi connectivity index (χ2n) is 3.46. The summed E-state index contributed by atoms with van der Waals surface area (Å²) in [6, 6.07) is -0.211. The lowest BCUT2D eigenvalue weighted by molar-refractivity contribution is -0.117. The first-order chi connectivity index (χ1) is 6.53. The van der Waals surface area contributed by atoms with Crippen LogP contribution in [0.3, 0.4) is 0 Å². The van der Waals surface area contributed by atoms with E-state index in [1.165, 1.54) is 6.08 Å². The van der Waals surface area contributed by atoms with E-state index in [4.69, 9.17) is 0 Å². The summed E-state index contributed by atoms with van der Waals surface area (Å²) in [6.07, 6.45) is 4.43.